The van der Waals surface area contributed by atoms with Gasteiger partial charge in [-0.1, -0.05) is 12.1 Å². The van der Waals surface area contributed by atoms with Gasteiger partial charge in [0.25, 0.3) is 0 Å². The zero-order chi connectivity index (χ0) is 16.9. The summed E-state index contributed by atoms with van der Waals surface area (Å²) in [7, 11) is 0. The van der Waals surface area contributed by atoms with Gasteiger partial charge in [-0.3, -0.25) is 4.79 Å². The molecule has 2 unspecified atom stereocenters. The van der Waals surface area contributed by atoms with Crippen molar-refractivity contribution in [2.75, 3.05) is 26.3 Å². The summed E-state index contributed by atoms with van der Waals surface area (Å²) in [5, 5.41) is 9.39. The lowest BCUT2D eigenvalue weighted by atomic mass is 9.98. The summed E-state index contributed by atoms with van der Waals surface area (Å²) in [6, 6.07) is 7.01. The molecule has 3 rings (SSSR count). The van der Waals surface area contributed by atoms with E-state index in [1.165, 1.54) is 0 Å². The van der Waals surface area contributed by atoms with E-state index < -0.39 is 0 Å². The van der Waals surface area contributed by atoms with Crippen LogP contribution < -0.4 is 10.9 Å². The molecule has 1 aromatic carbocycles. The van der Waals surface area contributed by atoms with E-state index in [4.69, 9.17) is 4.74 Å². The van der Waals surface area contributed by atoms with Gasteiger partial charge < -0.3 is 14.7 Å². The van der Waals surface area contributed by atoms with Crippen molar-refractivity contribution >= 4 is 5.91 Å². The van der Waals surface area contributed by atoms with Crippen molar-refractivity contribution in [2.45, 2.75) is 38.3 Å². The van der Waals surface area contributed by atoms with Gasteiger partial charge >= 0.3 is 0 Å². The average Bonchev–Trinajstić information content (AvgIpc) is 3.10. The van der Waals surface area contributed by atoms with Crippen LogP contribution in [0.15, 0.2) is 24.3 Å². The highest BCUT2D eigenvalue weighted by molar-refractivity contribution is 5.82. The fraction of sp³-hybridized carbons (Fsp3) is 0.611. The Hall–Kier alpha value is -1.63. The van der Waals surface area contributed by atoms with Crippen molar-refractivity contribution in [3.8, 4) is 5.75 Å². The smallest absolute Gasteiger partial charge is 0.241 e. The van der Waals surface area contributed by atoms with Gasteiger partial charge in [0.15, 0.2) is 0 Å². The standard InChI is InChI=1S/C18H27N3O3/c1-2-21(12-13-7-9-24-10-8-13)18(23)17-11-16(19-20-17)14-3-5-15(22)6-4-14/h3-6,13,16-17,19-20,22H,2,7-12H2,1H3. The molecule has 2 aliphatic heterocycles. The van der Waals surface area contributed by atoms with E-state index in [2.05, 4.69) is 10.9 Å². The molecule has 2 fully saturated rings. The Kier molecular flexibility index (Phi) is 5.71. The zero-order valence-electron chi connectivity index (χ0n) is 14.2. The van der Waals surface area contributed by atoms with E-state index in [1.807, 2.05) is 24.0 Å². The highest BCUT2D eigenvalue weighted by atomic mass is 16.5. The number of amides is 1. The van der Waals surface area contributed by atoms with Crippen molar-refractivity contribution in [1.82, 2.24) is 15.8 Å². The van der Waals surface area contributed by atoms with Gasteiger partial charge in [-0.05, 0) is 49.8 Å². The van der Waals surface area contributed by atoms with Gasteiger partial charge in [0.05, 0.1) is 0 Å². The molecular weight excluding hydrogens is 306 g/mol. The number of hydrazine groups is 1. The Morgan fingerprint density at radius 1 is 1.25 bits per heavy atom. The van der Waals surface area contributed by atoms with E-state index >= 15 is 0 Å². The molecule has 2 heterocycles. The normalized spacial score (nSPS) is 24.9. The molecule has 2 saturated heterocycles. The molecule has 1 aromatic rings. The van der Waals surface area contributed by atoms with Gasteiger partial charge in [-0.2, -0.15) is 0 Å². The molecule has 0 aliphatic carbocycles. The lowest BCUT2D eigenvalue weighted by molar-refractivity contribution is -0.134. The molecule has 1 amide bonds. The summed E-state index contributed by atoms with van der Waals surface area (Å²) in [4.78, 5) is 14.8. The Morgan fingerprint density at radius 3 is 2.62 bits per heavy atom. The van der Waals surface area contributed by atoms with E-state index in [1.54, 1.807) is 12.1 Å². The fourth-order valence-corrected chi connectivity index (χ4v) is 3.48. The average molecular weight is 333 g/mol. The topological polar surface area (TPSA) is 73.8 Å². The number of hydrogen-bond acceptors (Lipinski definition) is 5. The number of nitrogens with zero attached hydrogens (tertiary/aromatic N) is 1. The summed E-state index contributed by atoms with van der Waals surface area (Å²) in [6.07, 6.45) is 2.79. The van der Waals surface area contributed by atoms with Crippen LogP contribution in [0.1, 0.15) is 37.8 Å². The van der Waals surface area contributed by atoms with Crippen LogP contribution in [0.2, 0.25) is 0 Å². The van der Waals surface area contributed by atoms with E-state index in [0.29, 0.717) is 12.3 Å². The highest BCUT2D eigenvalue weighted by Crippen LogP contribution is 2.25. The van der Waals surface area contributed by atoms with Crippen LogP contribution >= 0.6 is 0 Å². The Labute approximate surface area is 143 Å². The summed E-state index contributed by atoms with van der Waals surface area (Å²) in [5.41, 5.74) is 7.42. The predicted octanol–water partition coefficient (Wildman–Crippen LogP) is 1.57. The first kappa shape index (κ1) is 17.2. The van der Waals surface area contributed by atoms with Crippen molar-refractivity contribution < 1.29 is 14.6 Å². The second-order valence-corrected chi connectivity index (χ2v) is 6.65. The number of phenols is 1. The minimum Gasteiger partial charge on any atom is -0.508 e. The van der Waals surface area contributed by atoms with Gasteiger partial charge in [-0.15, -0.1) is 0 Å². The molecule has 0 saturated carbocycles. The quantitative estimate of drug-likeness (QED) is 0.763. The van der Waals surface area contributed by atoms with Gasteiger partial charge in [0, 0.05) is 32.3 Å². The second-order valence-electron chi connectivity index (χ2n) is 6.65. The number of rotatable bonds is 5. The molecule has 0 spiro atoms. The second kappa shape index (κ2) is 7.96. The number of ether oxygens (including phenoxy) is 1. The van der Waals surface area contributed by atoms with Crippen LogP contribution in [0, 0.1) is 5.92 Å². The monoisotopic (exact) mass is 333 g/mol. The van der Waals surface area contributed by atoms with Crippen LogP contribution in [0.3, 0.4) is 0 Å². The van der Waals surface area contributed by atoms with Crippen molar-refractivity contribution in [3.05, 3.63) is 29.8 Å². The Morgan fingerprint density at radius 2 is 1.96 bits per heavy atom. The predicted molar refractivity (Wildman–Crippen MR) is 91.3 cm³/mol. The third-order valence-corrected chi connectivity index (χ3v) is 5.01. The lowest BCUT2D eigenvalue weighted by Crippen LogP contribution is -2.47. The number of carbonyl (C=O) groups excluding carboxylic acids is 1. The minimum atomic E-state index is -0.205. The van der Waals surface area contributed by atoms with E-state index in [9.17, 15) is 9.90 Å². The molecule has 2 atom stereocenters. The summed E-state index contributed by atoms with van der Waals surface area (Å²) >= 11 is 0. The number of benzene rings is 1. The molecule has 0 aromatic heterocycles. The largest absolute Gasteiger partial charge is 0.508 e. The summed E-state index contributed by atoms with van der Waals surface area (Å²) < 4.78 is 5.40. The summed E-state index contributed by atoms with van der Waals surface area (Å²) in [5.74, 6) is 0.966. The third kappa shape index (κ3) is 4.06. The molecule has 3 N–H and O–H groups in total. The van der Waals surface area contributed by atoms with Crippen LogP contribution in [0.25, 0.3) is 0 Å². The first-order valence-electron chi connectivity index (χ1n) is 8.84. The summed E-state index contributed by atoms with van der Waals surface area (Å²) in [6.45, 7) is 5.21. The van der Waals surface area contributed by atoms with E-state index in [0.717, 1.165) is 44.7 Å². The van der Waals surface area contributed by atoms with Crippen LogP contribution in [-0.2, 0) is 9.53 Å². The van der Waals surface area contributed by atoms with E-state index in [-0.39, 0.29) is 23.7 Å². The molecule has 6 nitrogen and oxygen atoms in total. The zero-order valence-corrected chi connectivity index (χ0v) is 14.2. The first-order chi connectivity index (χ1) is 11.7. The maximum absolute atomic E-state index is 12.8. The molecule has 2 aliphatic rings. The molecule has 6 heteroatoms. The number of likely N-dealkylation sites (N-methyl/N-ethyl adjacent to an activating group) is 1. The van der Waals surface area contributed by atoms with Crippen LogP contribution in [0.5, 0.6) is 5.75 Å². The van der Waals surface area contributed by atoms with Crippen molar-refractivity contribution in [1.29, 1.82) is 0 Å². The molecule has 24 heavy (non-hydrogen) atoms. The van der Waals surface area contributed by atoms with Crippen LogP contribution in [0.4, 0.5) is 0 Å². The lowest BCUT2D eigenvalue weighted by Gasteiger charge is -2.30. The SMILES string of the molecule is CCN(CC1CCOCC1)C(=O)C1CC(c2ccc(O)cc2)NN1. The van der Waals surface area contributed by atoms with Crippen molar-refractivity contribution in [3.63, 3.8) is 0 Å². The van der Waals surface area contributed by atoms with Gasteiger partial charge in [0.2, 0.25) is 5.91 Å². The maximum Gasteiger partial charge on any atom is 0.241 e. The Bertz CT molecular complexity index is 543. The third-order valence-electron chi connectivity index (χ3n) is 5.01. The number of hydrogen-bond donors (Lipinski definition) is 3. The fourth-order valence-electron chi connectivity index (χ4n) is 3.48. The minimum absolute atomic E-state index is 0.0846. The molecule has 0 bridgehead atoms. The number of phenolic OH excluding ortho intramolecular Hbond substituents is 1. The first-order valence-corrected chi connectivity index (χ1v) is 8.84. The van der Waals surface area contributed by atoms with Crippen LogP contribution in [-0.4, -0.2) is 48.3 Å². The Balaban J connectivity index is 1.56. The molecule has 132 valence electrons. The molecule has 0 radical (unpaired) electrons. The highest BCUT2D eigenvalue weighted by Gasteiger charge is 2.33. The number of carbonyl (C=O) groups is 1. The van der Waals surface area contributed by atoms with Gasteiger partial charge in [-0.25, -0.2) is 10.9 Å². The maximum atomic E-state index is 12.8. The van der Waals surface area contributed by atoms with Gasteiger partial charge in [0.1, 0.15) is 11.8 Å². The number of nitrogens with one attached hydrogen (secondary N) is 2. The van der Waals surface area contributed by atoms with Crippen molar-refractivity contribution in [2.24, 2.45) is 5.92 Å². The molecular formula is C18H27N3O3. The number of aromatic hydroxyl groups is 1.